The highest BCUT2D eigenvalue weighted by Crippen LogP contribution is 2.00. The number of aliphatic imine (C=N–C) groups is 1. The summed E-state index contributed by atoms with van der Waals surface area (Å²) in [5, 5.41) is 3.04. The third kappa shape index (κ3) is 13.8. The van der Waals surface area contributed by atoms with Gasteiger partial charge < -0.3 is 11.1 Å². The van der Waals surface area contributed by atoms with Gasteiger partial charge in [0.05, 0.1) is 0 Å². The molecule has 0 fully saturated rings. The molecule has 0 radical (unpaired) electrons. The highest BCUT2D eigenvalue weighted by molar-refractivity contribution is 5.77. The van der Waals surface area contributed by atoms with E-state index in [-0.39, 0.29) is 14.9 Å². The number of nitrogens with two attached hydrogens (primary N) is 1. The van der Waals surface area contributed by atoms with Crippen LogP contribution in [-0.4, -0.2) is 19.6 Å². The summed E-state index contributed by atoms with van der Waals surface area (Å²) in [4.78, 5) is 3.81. The molecule has 0 aliphatic rings. The topological polar surface area (TPSA) is 50.4 Å². The van der Waals surface area contributed by atoms with E-state index in [1.165, 1.54) is 32.1 Å². The van der Waals surface area contributed by atoms with Gasteiger partial charge in [-0.3, -0.25) is 4.99 Å². The number of hydrogen-bond acceptors (Lipinski definition) is 1. The fourth-order valence-electron chi connectivity index (χ4n) is 1.02. The van der Waals surface area contributed by atoms with Gasteiger partial charge in [0.15, 0.2) is 5.96 Å². The minimum Gasteiger partial charge on any atom is -0.370 e. The molecule has 0 bridgehead atoms. The van der Waals surface area contributed by atoms with Crippen molar-refractivity contribution in [2.24, 2.45) is 10.7 Å². The van der Waals surface area contributed by atoms with E-state index in [9.17, 15) is 0 Å². The van der Waals surface area contributed by atoms with E-state index in [4.69, 9.17) is 5.73 Å². The van der Waals surface area contributed by atoms with Crippen molar-refractivity contribution in [1.82, 2.24) is 5.32 Å². The highest BCUT2D eigenvalue weighted by atomic mass is 15.1. The van der Waals surface area contributed by atoms with Gasteiger partial charge in [0.1, 0.15) is 0 Å². The second kappa shape index (κ2) is 14.8. The van der Waals surface area contributed by atoms with Crippen LogP contribution in [-0.2, 0) is 0 Å². The van der Waals surface area contributed by atoms with Crippen LogP contribution in [0.3, 0.4) is 0 Å². The molecule has 0 amide bonds. The van der Waals surface area contributed by atoms with Crippen molar-refractivity contribution >= 4 is 5.96 Å². The zero-order chi connectivity index (χ0) is 9.23. The molecule has 3 N–H and O–H groups in total. The smallest absolute Gasteiger partial charge is 0.188 e. The van der Waals surface area contributed by atoms with E-state index >= 15 is 0 Å². The van der Waals surface area contributed by atoms with Crippen LogP contribution in [0.5, 0.6) is 0 Å². The monoisotopic (exact) mass is 203 g/mol. The van der Waals surface area contributed by atoms with Crippen LogP contribution in [0.15, 0.2) is 4.99 Å². The minimum atomic E-state index is 0. The van der Waals surface area contributed by atoms with E-state index in [0.717, 1.165) is 6.54 Å². The molecule has 3 heteroatoms. The highest BCUT2D eigenvalue weighted by Gasteiger charge is 1.89. The molecular weight excluding hydrogens is 174 g/mol. The lowest BCUT2D eigenvalue weighted by atomic mass is 10.1. The van der Waals surface area contributed by atoms with Crippen molar-refractivity contribution in [3.05, 3.63) is 0 Å². The summed E-state index contributed by atoms with van der Waals surface area (Å²) in [7, 11) is 1.69. The molecule has 0 heterocycles. The molecule has 14 heavy (non-hydrogen) atoms. The van der Waals surface area contributed by atoms with Gasteiger partial charge >= 0.3 is 0 Å². The van der Waals surface area contributed by atoms with Crippen LogP contribution in [0, 0.1) is 0 Å². The van der Waals surface area contributed by atoms with E-state index in [1.54, 1.807) is 7.05 Å². The second-order valence-electron chi connectivity index (χ2n) is 2.95. The molecule has 0 atom stereocenters. The van der Waals surface area contributed by atoms with Gasteiger partial charge in [-0.1, -0.05) is 47.5 Å². The average molecular weight is 203 g/mol. The zero-order valence-electron chi connectivity index (χ0n) is 8.27. The minimum absolute atomic E-state index is 0. The van der Waals surface area contributed by atoms with Crippen LogP contribution in [0.2, 0.25) is 0 Å². The first-order valence-electron chi connectivity index (χ1n) is 4.77. The van der Waals surface area contributed by atoms with Crippen LogP contribution in [0.4, 0.5) is 0 Å². The Morgan fingerprint density at radius 2 is 1.71 bits per heavy atom. The molecule has 0 aromatic heterocycles. The predicted octanol–water partition coefficient (Wildman–Crippen LogP) is 2.76. The van der Waals surface area contributed by atoms with E-state index in [1.807, 2.05) is 0 Å². The summed E-state index contributed by atoms with van der Waals surface area (Å²) >= 11 is 0. The summed E-state index contributed by atoms with van der Waals surface area (Å²) in [6.45, 7) is 3.17. The van der Waals surface area contributed by atoms with Gasteiger partial charge in [-0.25, -0.2) is 0 Å². The Labute approximate surface area is 90.2 Å². The Balaban J connectivity index is -0.000000605. The Morgan fingerprint density at radius 3 is 2.21 bits per heavy atom. The lowest BCUT2D eigenvalue weighted by molar-refractivity contribution is 0.623. The van der Waals surface area contributed by atoms with Gasteiger partial charge in [-0.05, 0) is 6.42 Å². The second-order valence-corrected chi connectivity index (χ2v) is 2.95. The van der Waals surface area contributed by atoms with Crippen LogP contribution in [0.1, 0.15) is 53.9 Å². The van der Waals surface area contributed by atoms with E-state index in [0.29, 0.717) is 5.96 Å². The van der Waals surface area contributed by atoms with Crippen molar-refractivity contribution < 1.29 is 0 Å². The Bertz CT molecular complexity index is 122. The van der Waals surface area contributed by atoms with Gasteiger partial charge in [0, 0.05) is 13.6 Å². The first-order chi connectivity index (χ1) is 5.81. The van der Waals surface area contributed by atoms with Crippen molar-refractivity contribution in [1.29, 1.82) is 0 Å². The maximum Gasteiger partial charge on any atom is 0.188 e. The van der Waals surface area contributed by atoms with Crippen LogP contribution in [0.25, 0.3) is 0 Å². The van der Waals surface area contributed by atoms with Crippen LogP contribution >= 0.6 is 0 Å². The lowest BCUT2D eigenvalue weighted by Crippen LogP contribution is -2.31. The molecule has 0 aromatic rings. The normalized spacial score (nSPS) is 10.0. The molecule has 0 unspecified atom stereocenters. The third-order valence-electron chi connectivity index (χ3n) is 1.83. The third-order valence-corrected chi connectivity index (χ3v) is 1.83. The van der Waals surface area contributed by atoms with Gasteiger partial charge in [0.25, 0.3) is 0 Å². The van der Waals surface area contributed by atoms with Crippen molar-refractivity contribution in [2.75, 3.05) is 13.6 Å². The maximum absolute atomic E-state index is 5.45. The fourth-order valence-corrected chi connectivity index (χ4v) is 1.02. The number of nitrogens with zero attached hydrogens (tertiary/aromatic N) is 1. The number of unbranched alkanes of at least 4 members (excludes halogenated alkanes) is 4. The first-order valence-corrected chi connectivity index (χ1v) is 4.77. The predicted molar refractivity (Wildman–Crippen MR) is 67.8 cm³/mol. The quantitative estimate of drug-likeness (QED) is 0.396. The number of guanidine groups is 1. The molecule has 0 saturated carbocycles. The summed E-state index contributed by atoms with van der Waals surface area (Å²) in [5.41, 5.74) is 5.45. The molecule has 0 saturated heterocycles. The number of nitrogens with one attached hydrogen (secondary N) is 1. The average Bonchev–Trinajstić information content (AvgIpc) is 2.10. The Hall–Kier alpha value is -0.730. The summed E-state index contributed by atoms with van der Waals surface area (Å²) < 4.78 is 0. The van der Waals surface area contributed by atoms with E-state index < -0.39 is 0 Å². The maximum atomic E-state index is 5.45. The Kier molecular flexibility index (Phi) is 20.0. The Morgan fingerprint density at radius 1 is 1.14 bits per heavy atom. The SMILES string of the molecule is C.C.CCCCCCCNC(N)=NC. The van der Waals surface area contributed by atoms with Crippen molar-refractivity contribution in [3.8, 4) is 0 Å². The van der Waals surface area contributed by atoms with Gasteiger partial charge in [0.2, 0.25) is 0 Å². The fraction of sp³-hybridized carbons (Fsp3) is 0.909. The molecule has 3 nitrogen and oxygen atoms in total. The molecule has 0 spiro atoms. The van der Waals surface area contributed by atoms with Crippen LogP contribution < -0.4 is 11.1 Å². The van der Waals surface area contributed by atoms with E-state index in [2.05, 4.69) is 17.2 Å². The summed E-state index contributed by atoms with van der Waals surface area (Å²) in [6, 6.07) is 0. The first kappa shape index (κ1) is 18.9. The molecule has 0 aliphatic heterocycles. The van der Waals surface area contributed by atoms with Gasteiger partial charge in [-0.15, -0.1) is 0 Å². The standard InChI is InChI=1S/C9H21N3.2CH4/c1-3-4-5-6-7-8-12-9(10)11-2;;/h3-8H2,1-2H3,(H3,10,11,12);2*1H4. The molecule has 0 aliphatic carbocycles. The zero-order valence-corrected chi connectivity index (χ0v) is 8.27. The number of hydrogen-bond donors (Lipinski definition) is 2. The molecule has 88 valence electrons. The van der Waals surface area contributed by atoms with Crippen molar-refractivity contribution in [2.45, 2.75) is 53.9 Å². The lowest BCUT2D eigenvalue weighted by Gasteiger charge is -2.03. The van der Waals surface area contributed by atoms with Gasteiger partial charge in [-0.2, -0.15) is 0 Å². The largest absolute Gasteiger partial charge is 0.370 e. The summed E-state index contributed by atoms with van der Waals surface area (Å²) in [5.74, 6) is 0.547. The summed E-state index contributed by atoms with van der Waals surface area (Å²) in [6.07, 6.45) is 6.46. The molecular formula is C11H29N3. The number of rotatable bonds is 6. The van der Waals surface area contributed by atoms with Crippen molar-refractivity contribution in [3.63, 3.8) is 0 Å². The molecule has 0 rings (SSSR count). The molecule has 0 aromatic carbocycles.